The lowest BCUT2D eigenvalue weighted by molar-refractivity contribution is -0.116. The van der Waals surface area contributed by atoms with Crippen LogP contribution in [0.2, 0.25) is 0 Å². The minimum atomic E-state index is -0.274. The molecule has 2 aromatic carbocycles. The lowest BCUT2D eigenvalue weighted by Gasteiger charge is -2.09. The van der Waals surface area contributed by atoms with Crippen LogP contribution in [0.4, 0.5) is 11.4 Å². The molecule has 0 aliphatic rings. The molecule has 3 aromatic rings. The molecule has 26 heavy (non-hydrogen) atoms. The quantitative estimate of drug-likeness (QED) is 0.484. The van der Waals surface area contributed by atoms with Gasteiger partial charge in [-0.15, -0.1) is 10.2 Å². The summed E-state index contributed by atoms with van der Waals surface area (Å²) in [4.78, 5) is 12.4. The van der Waals surface area contributed by atoms with Crippen LogP contribution in [0, 0.1) is 6.92 Å². The van der Waals surface area contributed by atoms with Crippen molar-refractivity contribution in [1.29, 1.82) is 0 Å². The monoisotopic (exact) mass is 367 g/mol. The number of amides is 1. The topological polar surface area (TPSA) is 105 Å². The zero-order valence-electron chi connectivity index (χ0n) is 14.0. The number of aromatic nitrogens is 1. The Balaban J connectivity index is 1.93. The van der Waals surface area contributed by atoms with Gasteiger partial charge in [0.05, 0.1) is 5.52 Å². The molecule has 0 saturated heterocycles. The van der Waals surface area contributed by atoms with E-state index >= 15 is 0 Å². The summed E-state index contributed by atoms with van der Waals surface area (Å²) in [6.07, 6.45) is 0. The molecule has 7 nitrogen and oxygen atoms in total. The molecule has 0 spiro atoms. The van der Waals surface area contributed by atoms with Crippen molar-refractivity contribution in [3.05, 3.63) is 54.1 Å². The first kappa shape index (κ1) is 17.6. The number of nitrogens with zero attached hydrogens (tertiary/aromatic N) is 3. The molecule has 0 unspecified atom stereocenters. The third kappa shape index (κ3) is 3.70. The number of anilines is 1. The second-order valence-corrected chi connectivity index (χ2v) is 6.15. The standard InChI is InChI=1S/C18H17N5O2S/c1-11-5-4-6-12(9-11)20-15(24)10-23-14-8-3-2-7-13(14)16(17(23)25)21-22-18(19)26/h2-9,25H,10H2,1H3,(H2,19,26)(H,20,24). The van der Waals surface area contributed by atoms with Crippen molar-refractivity contribution < 1.29 is 9.90 Å². The van der Waals surface area contributed by atoms with Gasteiger partial charge in [-0.25, -0.2) is 0 Å². The predicted molar refractivity (Wildman–Crippen MR) is 105 cm³/mol. The molecule has 3 rings (SSSR count). The molecule has 132 valence electrons. The number of fused-ring (bicyclic) bond motifs is 1. The van der Waals surface area contributed by atoms with Gasteiger partial charge in [0, 0.05) is 11.1 Å². The molecule has 0 atom stereocenters. The van der Waals surface area contributed by atoms with Gasteiger partial charge in [-0.1, -0.05) is 30.3 Å². The van der Waals surface area contributed by atoms with E-state index in [1.807, 2.05) is 31.2 Å². The number of aryl methyl sites for hydroxylation is 1. The Morgan fingerprint density at radius 1 is 1.27 bits per heavy atom. The number of thiocarbonyl (C=S) groups is 1. The van der Waals surface area contributed by atoms with E-state index in [1.54, 1.807) is 24.3 Å². The van der Waals surface area contributed by atoms with Crippen molar-refractivity contribution in [2.45, 2.75) is 13.5 Å². The van der Waals surface area contributed by atoms with E-state index in [1.165, 1.54) is 4.57 Å². The lowest BCUT2D eigenvalue weighted by atomic mass is 10.2. The number of para-hydroxylation sites is 1. The van der Waals surface area contributed by atoms with Crippen LogP contribution >= 0.6 is 12.2 Å². The molecule has 0 aliphatic carbocycles. The summed E-state index contributed by atoms with van der Waals surface area (Å²) in [6, 6.07) is 14.7. The van der Waals surface area contributed by atoms with Gasteiger partial charge in [0.1, 0.15) is 6.54 Å². The average Bonchev–Trinajstić information content (AvgIpc) is 2.85. The Morgan fingerprint density at radius 3 is 2.77 bits per heavy atom. The highest BCUT2D eigenvalue weighted by atomic mass is 32.1. The van der Waals surface area contributed by atoms with Gasteiger partial charge < -0.3 is 20.7 Å². The fourth-order valence-corrected chi connectivity index (χ4v) is 2.74. The number of nitrogens with one attached hydrogen (secondary N) is 1. The Morgan fingerprint density at radius 2 is 2.04 bits per heavy atom. The minimum absolute atomic E-state index is 0.0805. The predicted octanol–water partition coefficient (Wildman–Crippen LogP) is 3.62. The maximum Gasteiger partial charge on any atom is 0.244 e. The second-order valence-electron chi connectivity index (χ2n) is 5.73. The lowest BCUT2D eigenvalue weighted by Crippen LogP contribution is -2.18. The van der Waals surface area contributed by atoms with Crippen LogP contribution in [0.3, 0.4) is 0 Å². The number of carbonyl (C=O) groups excluding carboxylic acids is 1. The number of carbonyl (C=O) groups is 1. The fraction of sp³-hybridized carbons (Fsp3) is 0.111. The maximum absolute atomic E-state index is 12.4. The van der Waals surface area contributed by atoms with Crippen molar-refractivity contribution in [1.82, 2.24) is 4.57 Å². The molecular weight excluding hydrogens is 350 g/mol. The summed E-state index contributed by atoms with van der Waals surface area (Å²) >= 11 is 4.69. The first-order valence-electron chi connectivity index (χ1n) is 7.83. The fourth-order valence-electron chi connectivity index (χ4n) is 2.70. The summed E-state index contributed by atoms with van der Waals surface area (Å²) in [5, 5.41) is 21.4. The van der Waals surface area contributed by atoms with Crippen LogP contribution in [0.1, 0.15) is 5.56 Å². The second kappa shape index (κ2) is 7.32. The van der Waals surface area contributed by atoms with Crippen LogP contribution in [0.25, 0.3) is 10.9 Å². The third-order valence-electron chi connectivity index (χ3n) is 3.77. The first-order valence-corrected chi connectivity index (χ1v) is 8.24. The summed E-state index contributed by atoms with van der Waals surface area (Å²) < 4.78 is 1.47. The average molecular weight is 367 g/mol. The summed E-state index contributed by atoms with van der Waals surface area (Å²) in [5.74, 6) is -0.449. The molecule has 4 N–H and O–H groups in total. The van der Waals surface area contributed by atoms with E-state index in [0.29, 0.717) is 16.6 Å². The Bertz CT molecular complexity index is 1030. The van der Waals surface area contributed by atoms with Gasteiger partial charge in [-0.05, 0) is 42.9 Å². The van der Waals surface area contributed by atoms with E-state index in [4.69, 9.17) is 5.73 Å². The summed E-state index contributed by atoms with van der Waals surface area (Å²) in [5.41, 5.74) is 7.94. The number of hydrogen-bond donors (Lipinski definition) is 3. The molecule has 0 saturated carbocycles. The van der Waals surface area contributed by atoms with Gasteiger partial charge in [0.15, 0.2) is 5.69 Å². The van der Waals surface area contributed by atoms with E-state index in [2.05, 4.69) is 27.8 Å². The van der Waals surface area contributed by atoms with Crippen LogP contribution in [0.15, 0.2) is 58.8 Å². The molecular formula is C18H17N5O2S. The minimum Gasteiger partial charge on any atom is -0.493 e. The highest BCUT2D eigenvalue weighted by Gasteiger charge is 2.18. The molecule has 0 bridgehead atoms. The van der Waals surface area contributed by atoms with Gasteiger partial charge in [0.2, 0.25) is 16.9 Å². The number of azo groups is 1. The van der Waals surface area contributed by atoms with E-state index in [0.717, 1.165) is 5.56 Å². The first-order chi connectivity index (χ1) is 12.5. The van der Waals surface area contributed by atoms with E-state index in [-0.39, 0.29) is 29.1 Å². The Kier molecular flexibility index (Phi) is 4.94. The van der Waals surface area contributed by atoms with Crippen molar-refractivity contribution in [3.8, 4) is 5.88 Å². The van der Waals surface area contributed by atoms with Crippen LogP contribution in [-0.4, -0.2) is 20.7 Å². The van der Waals surface area contributed by atoms with Crippen molar-refractivity contribution in [3.63, 3.8) is 0 Å². The van der Waals surface area contributed by atoms with Crippen molar-refractivity contribution in [2.75, 3.05) is 5.32 Å². The molecule has 1 heterocycles. The SMILES string of the molecule is Cc1cccc(NC(=O)Cn2c(O)c(N=NC(N)=S)c3ccccc32)c1. The third-order valence-corrected chi connectivity index (χ3v) is 3.85. The molecule has 0 aliphatic heterocycles. The zero-order chi connectivity index (χ0) is 18.7. The Hall–Kier alpha value is -3.26. The normalized spacial score (nSPS) is 11.1. The number of benzene rings is 2. The molecule has 1 amide bonds. The van der Waals surface area contributed by atoms with Gasteiger partial charge in [-0.3, -0.25) is 4.79 Å². The molecule has 0 fully saturated rings. The number of rotatable bonds is 4. The largest absolute Gasteiger partial charge is 0.493 e. The number of aromatic hydroxyl groups is 1. The van der Waals surface area contributed by atoms with Crippen molar-refractivity contribution >= 4 is 45.5 Å². The summed E-state index contributed by atoms with van der Waals surface area (Å²) in [7, 11) is 0. The van der Waals surface area contributed by atoms with Gasteiger partial charge in [-0.2, -0.15) is 0 Å². The molecule has 1 aromatic heterocycles. The van der Waals surface area contributed by atoms with E-state index < -0.39 is 0 Å². The van der Waals surface area contributed by atoms with Crippen LogP contribution in [-0.2, 0) is 11.3 Å². The highest BCUT2D eigenvalue weighted by Crippen LogP contribution is 2.38. The zero-order valence-corrected chi connectivity index (χ0v) is 14.8. The van der Waals surface area contributed by atoms with Crippen LogP contribution < -0.4 is 11.1 Å². The maximum atomic E-state index is 12.4. The van der Waals surface area contributed by atoms with E-state index in [9.17, 15) is 9.90 Å². The van der Waals surface area contributed by atoms with Gasteiger partial charge in [0.25, 0.3) is 0 Å². The van der Waals surface area contributed by atoms with Crippen molar-refractivity contribution in [2.24, 2.45) is 16.0 Å². The highest BCUT2D eigenvalue weighted by molar-refractivity contribution is 7.80. The smallest absolute Gasteiger partial charge is 0.244 e. The van der Waals surface area contributed by atoms with Gasteiger partial charge >= 0.3 is 0 Å². The van der Waals surface area contributed by atoms with Crippen LogP contribution in [0.5, 0.6) is 5.88 Å². The number of nitrogens with two attached hydrogens (primary N) is 1. The summed E-state index contributed by atoms with van der Waals surface area (Å²) in [6.45, 7) is 1.86. The number of hydrogen-bond acceptors (Lipinski definition) is 4. The molecule has 0 radical (unpaired) electrons. The molecule has 8 heteroatoms. The Labute approximate surface area is 155 Å².